The van der Waals surface area contributed by atoms with Crippen molar-refractivity contribution < 1.29 is 9.50 Å². The maximum Gasteiger partial charge on any atom is 0.143 e. The first-order valence-corrected chi connectivity index (χ1v) is 5.12. The molecule has 0 saturated carbocycles. The fourth-order valence-electron chi connectivity index (χ4n) is 1.25. The molecule has 0 bridgehead atoms. The minimum atomic E-state index is -0.966. The fourth-order valence-corrected chi connectivity index (χ4v) is 1.84. The number of rotatable bonds is 2. The van der Waals surface area contributed by atoms with Crippen LogP contribution in [-0.4, -0.2) is 11.1 Å². The Kier molecular flexibility index (Phi) is 3.64. The van der Waals surface area contributed by atoms with Gasteiger partial charge in [-0.1, -0.05) is 6.07 Å². The monoisotopic (exact) mass is 261 g/mol. The van der Waals surface area contributed by atoms with Crippen molar-refractivity contribution in [1.29, 1.82) is 0 Å². The second-order valence-electron chi connectivity index (χ2n) is 3.45. The van der Waals surface area contributed by atoms with E-state index >= 15 is 0 Å². The number of hydrogen-bond donors (Lipinski definition) is 2. The number of hydrogen-bond acceptors (Lipinski definition) is 2. The van der Waals surface area contributed by atoms with Gasteiger partial charge in [-0.2, -0.15) is 0 Å². The van der Waals surface area contributed by atoms with Gasteiger partial charge >= 0.3 is 0 Å². The molecule has 2 nitrogen and oxygen atoms in total. The van der Waals surface area contributed by atoms with Gasteiger partial charge in [0.05, 0.1) is 10.6 Å². The highest BCUT2D eigenvalue weighted by atomic mass is 79.9. The van der Waals surface area contributed by atoms with Gasteiger partial charge in [0.1, 0.15) is 5.82 Å². The molecule has 1 rings (SSSR count). The molecule has 4 heteroatoms. The van der Waals surface area contributed by atoms with Gasteiger partial charge in [0, 0.05) is 11.6 Å². The summed E-state index contributed by atoms with van der Waals surface area (Å²) >= 11 is 3.09. The normalized spacial score (nSPS) is 15.3. The topological polar surface area (TPSA) is 46.2 Å². The summed E-state index contributed by atoms with van der Waals surface area (Å²) in [5.41, 5.74) is 6.63. The van der Waals surface area contributed by atoms with E-state index < -0.39 is 18.0 Å². The number of benzene rings is 1. The van der Waals surface area contributed by atoms with Crippen molar-refractivity contribution in [3.05, 3.63) is 33.5 Å². The molecule has 14 heavy (non-hydrogen) atoms. The first kappa shape index (κ1) is 11.6. The third-order valence-electron chi connectivity index (χ3n) is 2.02. The Hall–Kier alpha value is -0.450. The van der Waals surface area contributed by atoms with Gasteiger partial charge in [0.15, 0.2) is 0 Å². The Labute approximate surface area is 91.1 Å². The van der Waals surface area contributed by atoms with Crippen molar-refractivity contribution >= 4 is 15.9 Å². The van der Waals surface area contributed by atoms with Crippen LogP contribution in [0.3, 0.4) is 0 Å². The predicted octanol–water partition coefficient (Wildman–Crippen LogP) is 2.28. The minimum absolute atomic E-state index is 0.242. The number of aryl methyl sites for hydroxylation is 1. The molecule has 0 spiro atoms. The van der Waals surface area contributed by atoms with Gasteiger partial charge in [-0.25, -0.2) is 4.39 Å². The third kappa shape index (κ3) is 2.32. The number of nitrogens with two attached hydrogens (primary N) is 1. The summed E-state index contributed by atoms with van der Waals surface area (Å²) in [6, 6.07) is 2.78. The van der Waals surface area contributed by atoms with Crippen molar-refractivity contribution in [3.8, 4) is 0 Å². The minimum Gasteiger partial charge on any atom is -0.387 e. The maximum absolute atomic E-state index is 13.5. The molecule has 3 N–H and O–H groups in total. The van der Waals surface area contributed by atoms with E-state index in [1.54, 1.807) is 19.1 Å². The average Bonchev–Trinajstić information content (AvgIpc) is 2.09. The molecule has 0 aliphatic heterocycles. The van der Waals surface area contributed by atoms with Gasteiger partial charge < -0.3 is 10.8 Å². The Bertz CT molecular complexity index is 341. The van der Waals surface area contributed by atoms with Crippen molar-refractivity contribution in [1.82, 2.24) is 0 Å². The molecular formula is C10H13BrFNO. The Balaban J connectivity index is 3.20. The van der Waals surface area contributed by atoms with Crippen LogP contribution in [0.25, 0.3) is 0 Å². The van der Waals surface area contributed by atoms with E-state index in [0.29, 0.717) is 4.47 Å². The molecular weight excluding hydrogens is 249 g/mol. The molecule has 0 heterocycles. The second-order valence-corrected chi connectivity index (χ2v) is 4.31. The molecule has 0 saturated heterocycles. The van der Waals surface area contributed by atoms with E-state index in [-0.39, 0.29) is 5.56 Å². The Morgan fingerprint density at radius 3 is 2.57 bits per heavy atom. The molecule has 0 unspecified atom stereocenters. The standard InChI is InChI=1S/C10H13BrFNO/c1-5-3-7(10(14)6(2)13)9(12)8(11)4-5/h3-4,6,10,14H,13H2,1-2H3/t6-,10-/m1/s1. The predicted molar refractivity (Wildman–Crippen MR) is 57.4 cm³/mol. The lowest BCUT2D eigenvalue weighted by Gasteiger charge is -2.16. The molecule has 2 atom stereocenters. The Morgan fingerprint density at radius 1 is 1.50 bits per heavy atom. The highest BCUT2D eigenvalue weighted by Crippen LogP contribution is 2.26. The summed E-state index contributed by atoms with van der Waals surface area (Å²) in [7, 11) is 0. The van der Waals surface area contributed by atoms with Crippen LogP contribution in [0.15, 0.2) is 16.6 Å². The van der Waals surface area contributed by atoms with Gasteiger partial charge in [0.25, 0.3) is 0 Å². The second kappa shape index (κ2) is 4.38. The zero-order valence-electron chi connectivity index (χ0n) is 8.09. The molecule has 1 aromatic carbocycles. The number of aliphatic hydroxyl groups excluding tert-OH is 1. The molecule has 0 aliphatic rings. The quantitative estimate of drug-likeness (QED) is 0.858. The molecule has 0 aliphatic carbocycles. The average molecular weight is 262 g/mol. The molecule has 1 aromatic rings. The van der Waals surface area contributed by atoms with Crippen LogP contribution in [-0.2, 0) is 0 Å². The zero-order chi connectivity index (χ0) is 10.9. The van der Waals surface area contributed by atoms with E-state index in [0.717, 1.165) is 5.56 Å². The number of aliphatic hydroxyl groups is 1. The first-order chi connectivity index (χ1) is 6.43. The van der Waals surface area contributed by atoms with Crippen LogP contribution in [0.2, 0.25) is 0 Å². The third-order valence-corrected chi connectivity index (χ3v) is 2.59. The van der Waals surface area contributed by atoms with Crippen LogP contribution < -0.4 is 5.73 Å². The molecule has 0 fully saturated rings. The Morgan fingerprint density at radius 2 is 2.07 bits per heavy atom. The van der Waals surface area contributed by atoms with E-state index in [1.165, 1.54) is 0 Å². The lowest BCUT2D eigenvalue weighted by molar-refractivity contribution is 0.148. The highest BCUT2D eigenvalue weighted by molar-refractivity contribution is 9.10. The van der Waals surface area contributed by atoms with Crippen molar-refractivity contribution in [2.75, 3.05) is 0 Å². The summed E-state index contributed by atoms with van der Waals surface area (Å²) in [5, 5.41) is 9.64. The van der Waals surface area contributed by atoms with Gasteiger partial charge in [0.2, 0.25) is 0 Å². The SMILES string of the molecule is Cc1cc(Br)c(F)c([C@H](O)[C@@H](C)N)c1. The van der Waals surface area contributed by atoms with Gasteiger partial charge in [-0.3, -0.25) is 0 Å². The summed E-state index contributed by atoms with van der Waals surface area (Å²) in [5.74, 6) is -0.444. The summed E-state index contributed by atoms with van der Waals surface area (Å²) < 4.78 is 13.9. The van der Waals surface area contributed by atoms with E-state index in [1.807, 2.05) is 6.92 Å². The first-order valence-electron chi connectivity index (χ1n) is 4.32. The summed E-state index contributed by atoms with van der Waals surface area (Å²) in [6.07, 6.45) is -0.966. The highest BCUT2D eigenvalue weighted by Gasteiger charge is 2.18. The molecule has 0 aromatic heterocycles. The van der Waals surface area contributed by atoms with Crippen molar-refractivity contribution in [2.45, 2.75) is 26.0 Å². The van der Waals surface area contributed by atoms with E-state index in [4.69, 9.17) is 5.73 Å². The summed E-state index contributed by atoms with van der Waals surface area (Å²) in [6.45, 7) is 3.47. The van der Waals surface area contributed by atoms with Crippen LogP contribution in [0.5, 0.6) is 0 Å². The largest absolute Gasteiger partial charge is 0.387 e. The van der Waals surface area contributed by atoms with E-state index in [2.05, 4.69) is 15.9 Å². The summed E-state index contributed by atoms with van der Waals surface area (Å²) in [4.78, 5) is 0. The number of halogens is 2. The zero-order valence-corrected chi connectivity index (χ0v) is 9.68. The molecule has 0 radical (unpaired) electrons. The molecule has 78 valence electrons. The van der Waals surface area contributed by atoms with Crippen molar-refractivity contribution in [3.63, 3.8) is 0 Å². The van der Waals surface area contributed by atoms with Gasteiger partial charge in [-0.05, 0) is 41.4 Å². The van der Waals surface area contributed by atoms with Crippen LogP contribution >= 0.6 is 15.9 Å². The lowest BCUT2D eigenvalue weighted by Crippen LogP contribution is -2.25. The van der Waals surface area contributed by atoms with Crippen LogP contribution in [0.4, 0.5) is 4.39 Å². The van der Waals surface area contributed by atoms with Crippen molar-refractivity contribution in [2.24, 2.45) is 5.73 Å². The maximum atomic E-state index is 13.5. The van der Waals surface area contributed by atoms with Crippen LogP contribution in [0, 0.1) is 12.7 Å². The van der Waals surface area contributed by atoms with Crippen LogP contribution in [0.1, 0.15) is 24.2 Å². The fraction of sp³-hybridized carbons (Fsp3) is 0.400. The van der Waals surface area contributed by atoms with Gasteiger partial charge in [-0.15, -0.1) is 0 Å². The van der Waals surface area contributed by atoms with E-state index in [9.17, 15) is 9.50 Å². The lowest BCUT2D eigenvalue weighted by atomic mass is 10.0. The smallest absolute Gasteiger partial charge is 0.143 e. The molecule has 0 amide bonds.